The van der Waals surface area contributed by atoms with Crippen molar-refractivity contribution < 1.29 is 4.74 Å². The largest absolute Gasteiger partial charge is 0.497 e. The maximum absolute atomic E-state index is 5.15. The molecule has 2 aromatic rings. The molecule has 0 aliphatic rings. The molecule has 0 saturated carbocycles. The van der Waals surface area contributed by atoms with E-state index < -0.39 is 0 Å². The number of rotatable bonds is 7. The van der Waals surface area contributed by atoms with E-state index >= 15 is 0 Å². The lowest BCUT2D eigenvalue weighted by Crippen LogP contribution is -2.38. The number of hydrogen-bond donors (Lipinski definition) is 3. The first kappa shape index (κ1) is 17.1. The Hall–Kier alpha value is -2.22. The topological polar surface area (TPSA) is 87.2 Å². The van der Waals surface area contributed by atoms with Crippen molar-refractivity contribution in [2.24, 2.45) is 4.99 Å². The summed E-state index contributed by atoms with van der Waals surface area (Å²) in [5.41, 5.74) is 0.941. The van der Waals surface area contributed by atoms with Gasteiger partial charge in [0.15, 0.2) is 11.8 Å². The zero-order valence-corrected chi connectivity index (χ0v) is 14.4. The molecule has 1 heterocycles. The summed E-state index contributed by atoms with van der Waals surface area (Å²) in [5.74, 6) is 4.01. The van der Waals surface area contributed by atoms with Crippen LogP contribution in [0.5, 0.6) is 5.75 Å². The van der Waals surface area contributed by atoms with Crippen LogP contribution < -0.4 is 15.4 Å². The molecule has 0 saturated heterocycles. The molecular formula is C15H22N6OS. The molecule has 2 rings (SSSR count). The molecule has 23 heavy (non-hydrogen) atoms. The van der Waals surface area contributed by atoms with Gasteiger partial charge in [-0.2, -0.15) is 16.9 Å². The lowest BCUT2D eigenvalue weighted by Gasteiger charge is -2.09. The fourth-order valence-electron chi connectivity index (χ4n) is 1.90. The second-order valence-corrected chi connectivity index (χ2v) is 5.67. The van der Waals surface area contributed by atoms with Gasteiger partial charge >= 0.3 is 0 Å². The Morgan fingerprint density at radius 3 is 2.74 bits per heavy atom. The number of guanidine groups is 1. The van der Waals surface area contributed by atoms with Gasteiger partial charge in [-0.1, -0.05) is 0 Å². The van der Waals surface area contributed by atoms with Crippen LogP contribution in [0.2, 0.25) is 0 Å². The number of aromatic amines is 1. The van der Waals surface area contributed by atoms with Crippen molar-refractivity contribution in [2.45, 2.75) is 6.54 Å². The molecule has 0 unspecified atom stereocenters. The van der Waals surface area contributed by atoms with Crippen LogP contribution in [0, 0.1) is 0 Å². The van der Waals surface area contributed by atoms with E-state index in [1.807, 2.05) is 24.3 Å². The monoisotopic (exact) mass is 334 g/mol. The van der Waals surface area contributed by atoms with E-state index in [4.69, 9.17) is 4.74 Å². The minimum atomic E-state index is 0.530. The minimum absolute atomic E-state index is 0.530. The van der Waals surface area contributed by atoms with Crippen LogP contribution in [0.3, 0.4) is 0 Å². The Morgan fingerprint density at radius 1 is 1.30 bits per heavy atom. The van der Waals surface area contributed by atoms with E-state index in [2.05, 4.69) is 37.1 Å². The maximum atomic E-state index is 5.15. The zero-order chi connectivity index (χ0) is 16.5. The van der Waals surface area contributed by atoms with Crippen LogP contribution in [0.25, 0.3) is 11.4 Å². The molecule has 124 valence electrons. The van der Waals surface area contributed by atoms with Gasteiger partial charge in [-0.3, -0.25) is 10.1 Å². The highest BCUT2D eigenvalue weighted by Crippen LogP contribution is 2.18. The Morgan fingerprint density at radius 2 is 2.09 bits per heavy atom. The normalized spacial score (nSPS) is 11.3. The predicted octanol–water partition coefficient (Wildman–Crippen LogP) is 1.51. The number of thioether (sulfide) groups is 1. The SMILES string of the molecule is CN=C(NCCSC)NCc1nc(-c2ccc(OC)cc2)n[nH]1. The standard InChI is InChI=1S/C15H22N6OS/c1-16-15(17-8-9-23-3)18-10-13-19-14(21-20-13)11-4-6-12(22-2)7-5-11/h4-7H,8-10H2,1-3H3,(H2,16,17,18)(H,19,20,21). The van der Waals surface area contributed by atoms with Gasteiger partial charge in [0.1, 0.15) is 11.6 Å². The third-order valence-electron chi connectivity index (χ3n) is 3.13. The number of hydrogen-bond acceptors (Lipinski definition) is 5. The highest BCUT2D eigenvalue weighted by atomic mass is 32.2. The number of aromatic nitrogens is 3. The van der Waals surface area contributed by atoms with Crippen molar-refractivity contribution in [1.82, 2.24) is 25.8 Å². The molecular weight excluding hydrogens is 312 g/mol. The summed E-state index contributed by atoms with van der Waals surface area (Å²) in [6.45, 7) is 1.40. The van der Waals surface area contributed by atoms with Crippen molar-refractivity contribution in [1.29, 1.82) is 0 Å². The average Bonchev–Trinajstić information content (AvgIpc) is 3.07. The Balaban J connectivity index is 1.91. The van der Waals surface area contributed by atoms with Crippen molar-refractivity contribution in [3.8, 4) is 17.1 Å². The molecule has 1 aromatic carbocycles. The molecule has 8 heteroatoms. The average molecular weight is 334 g/mol. The summed E-state index contributed by atoms with van der Waals surface area (Å²) in [7, 11) is 3.39. The number of methoxy groups -OCH3 is 1. The molecule has 3 N–H and O–H groups in total. The Bertz CT molecular complexity index is 625. The van der Waals surface area contributed by atoms with E-state index in [1.54, 1.807) is 25.9 Å². The van der Waals surface area contributed by atoms with Crippen molar-refractivity contribution in [3.05, 3.63) is 30.1 Å². The van der Waals surface area contributed by atoms with E-state index in [0.717, 1.165) is 35.4 Å². The van der Waals surface area contributed by atoms with E-state index in [1.165, 1.54) is 0 Å². The summed E-state index contributed by atoms with van der Waals surface area (Å²) >= 11 is 1.79. The number of ether oxygens (including phenoxy) is 1. The molecule has 0 aliphatic carbocycles. The van der Waals surface area contributed by atoms with Crippen LogP contribution >= 0.6 is 11.8 Å². The van der Waals surface area contributed by atoms with Gasteiger partial charge < -0.3 is 15.4 Å². The third kappa shape index (κ3) is 5.17. The van der Waals surface area contributed by atoms with Crippen LogP contribution in [-0.2, 0) is 6.54 Å². The van der Waals surface area contributed by atoms with Gasteiger partial charge in [-0.15, -0.1) is 0 Å². The number of aliphatic imine (C=N–C) groups is 1. The highest BCUT2D eigenvalue weighted by Gasteiger charge is 2.07. The van der Waals surface area contributed by atoms with Crippen LogP contribution in [-0.4, -0.2) is 53.9 Å². The van der Waals surface area contributed by atoms with Crippen LogP contribution in [0.15, 0.2) is 29.3 Å². The molecule has 7 nitrogen and oxygen atoms in total. The number of H-pyrrole nitrogens is 1. The Labute approximate surface area is 140 Å². The molecule has 0 spiro atoms. The van der Waals surface area contributed by atoms with E-state index in [0.29, 0.717) is 12.4 Å². The number of benzene rings is 1. The number of nitrogens with one attached hydrogen (secondary N) is 3. The quantitative estimate of drug-likeness (QED) is 0.404. The fourth-order valence-corrected chi connectivity index (χ4v) is 2.21. The highest BCUT2D eigenvalue weighted by molar-refractivity contribution is 7.98. The summed E-state index contributed by atoms with van der Waals surface area (Å²) in [6, 6.07) is 7.65. The van der Waals surface area contributed by atoms with Crippen molar-refractivity contribution in [2.75, 3.05) is 32.7 Å². The second kappa shape index (κ2) is 9.04. The Kier molecular flexibility index (Phi) is 6.74. The summed E-state index contributed by atoms with van der Waals surface area (Å²) in [5, 5.41) is 13.6. The zero-order valence-electron chi connectivity index (χ0n) is 13.6. The first-order valence-corrected chi connectivity index (χ1v) is 8.65. The van der Waals surface area contributed by atoms with Gasteiger partial charge in [0.05, 0.1) is 13.7 Å². The summed E-state index contributed by atoms with van der Waals surface area (Å²) in [4.78, 5) is 8.65. The van der Waals surface area contributed by atoms with Gasteiger partial charge in [0, 0.05) is 24.9 Å². The lowest BCUT2D eigenvalue weighted by atomic mass is 10.2. The summed E-state index contributed by atoms with van der Waals surface area (Å²) < 4.78 is 5.15. The molecule has 0 amide bonds. The fraction of sp³-hybridized carbons (Fsp3) is 0.400. The molecule has 0 fully saturated rings. The van der Waals surface area contributed by atoms with Gasteiger partial charge in [-0.25, -0.2) is 4.98 Å². The van der Waals surface area contributed by atoms with E-state index in [-0.39, 0.29) is 0 Å². The predicted molar refractivity (Wildman–Crippen MR) is 95.0 cm³/mol. The van der Waals surface area contributed by atoms with Gasteiger partial charge in [-0.05, 0) is 30.5 Å². The molecule has 0 atom stereocenters. The van der Waals surface area contributed by atoms with Crippen LogP contribution in [0.4, 0.5) is 0 Å². The first-order valence-electron chi connectivity index (χ1n) is 7.26. The van der Waals surface area contributed by atoms with Crippen LogP contribution in [0.1, 0.15) is 5.82 Å². The van der Waals surface area contributed by atoms with Crippen molar-refractivity contribution >= 4 is 17.7 Å². The molecule has 0 bridgehead atoms. The van der Waals surface area contributed by atoms with Gasteiger partial charge in [0.25, 0.3) is 0 Å². The summed E-state index contributed by atoms with van der Waals surface area (Å²) in [6.07, 6.45) is 2.08. The van der Waals surface area contributed by atoms with Gasteiger partial charge in [0.2, 0.25) is 0 Å². The lowest BCUT2D eigenvalue weighted by molar-refractivity contribution is 0.415. The van der Waals surface area contributed by atoms with E-state index in [9.17, 15) is 0 Å². The second-order valence-electron chi connectivity index (χ2n) is 4.68. The molecule has 0 radical (unpaired) electrons. The van der Waals surface area contributed by atoms with Crippen molar-refractivity contribution in [3.63, 3.8) is 0 Å². The first-order chi connectivity index (χ1) is 11.3. The smallest absolute Gasteiger partial charge is 0.191 e. The minimum Gasteiger partial charge on any atom is -0.497 e. The molecule has 1 aromatic heterocycles. The molecule has 0 aliphatic heterocycles. The number of nitrogens with zero attached hydrogens (tertiary/aromatic N) is 3. The maximum Gasteiger partial charge on any atom is 0.191 e. The third-order valence-corrected chi connectivity index (χ3v) is 3.74.